The van der Waals surface area contributed by atoms with Crippen molar-refractivity contribution < 1.29 is 19.5 Å². The first-order chi connectivity index (χ1) is 11.0. The third kappa shape index (κ3) is 4.81. The molecule has 1 heterocycles. The van der Waals surface area contributed by atoms with Crippen LogP contribution < -0.4 is 0 Å². The molecule has 6 nitrogen and oxygen atoms in total. The first kappa shape index (κ1) is 17.0. The number of carbonyl (C=O) groups is 3. The molecule has 0 bridgehead atoms. The number of rotatable bonds is 6. The van der Waals surface area contributed by atoms with Crippen LogP contribution >= 0.6 is 0 Å². The number of hydrogen-bond acceptors (Lipinski definition) is 3. The van der Waals surface area contributed by atoms with Gasteiger partial charge >= 0.3 is 5.97 Å². The lowest BCUT2D eigenvalue weighted by atomic mass is 9.94. The van der Waals surface area contributed by atoms with E-state index in [1.54, 1.807) is 11.9 Å². The van der Waals surface area contributed by atoms with Gasteiger partial charge in [0.2, 0.25) is 11.8 Å². The Morgan fingerprint density at radius 2 is 2.00 bits per heavy atom. The second kappa shape index (κ2) is 7.76. The molecular formula is C17H22N2O4. The lowest BCUT2D eigenvalue weighted by molar-refractivity contribution is -0.149. The Bertz CT molecular complexity index is 573. The summed E-state index contributed by atoms with van der Waals surface area (Å²) >= 11 is 0. The van der Waals surface area contributed by atoms with Crippen molar-refractivity contribution in [3.05, 3.63) is 35.9 Å². The molecule has 1 unspecified atom stereocenters. The van der Waals surface area contributed by atoms with Crippen molar-refractivity contribution in [2.24, 2.45) is 5.92 Å². The zero-order valence-electron chi connectivity index (χ0n) is 13.3. The third-order valence-corrected chi connectivity index (χ3v) is 4.16. The summed E-state index contributed by atoms with van der Waals surface area (Å²) in [7, 11) is 1.72. The van der Waals surface area contributed by atoms with E-state index in [1.807, 2.05) is 30.3 Å². The number of carboxylic acids is 1. The Morgan fingerprint density at radius 1 is 1.30 bits per heavy atom. The van der Waals surface area contributed by atoms with Crippen molar-refractivity contribution in [1.82, 2.24) is 9.80 Å². The SMILES string of the molecule is CN1CCC(C(=O)N(CCc2ccccc2)CC(=O)O)CC1=O. The van der Waals surface area contributed by atoms with Crippen LogP contribution in [0.15, 0.2) is 30.3 Å². The Hall–Kier alpha value is -2.37. The molecule has 1 aliphatic rings. The second-order valence-corrected chi connectivity index (χ2v) is 5.89. The van der Waals surface area contributed by atoms with Gasteiger partial charge in [0.05, 0.1) is 0 Å². The number of aliphatic carboxylic acids is 1. The van der Waals surface area contributed by atoms with Gasteiger partial charge in [-0.3, -0.25) is 14.4 Å². The molecule has 6 heteroatoms. The molecular weight excluding hydrogens is 296 g/mol. The lowest BCUT2D eigenvalue weighted by Gasteiger charge is -2.31. The number of carbonyl (C=O) groups excluding carboxylic acids is 2. The fraction of sp³-hybridized carbons (Fsp3) is 0.471. The molecule has 1 aromatic carbocycles. The largest absolute Gasteiger partial charge is 0.480 e. The molecule has 1 atom stereocenters. The Labute approximate surface area is 135 Å². The summed E-state index contributed by atoms with van der Waals surface area (Å²) < 4.78 is 0. The van der Waals surface area contributed by atoms with Gasteiger partial charge in [-0.1, -0.05) is 30.3 Å². The maximum absolute atomic E-state index is 12.6. The standard InChI is InChI=1S/C17H22N2O4/c1-18-9-8-14(11-15(18)20)17(23)19(12-16(21)22)10-7-13-5-3-2-4-6-13/h2-6,14H,7-12H2,1H3,(H,21,22). The van der Waals surface area contributed by atoms with E-state index in [0.717, 1.165) is 5.56 Å². The summed E-state index contributed by atoms with van der Waals surface area (Å²) in [5.74, 6) is -1.74. The molecule has 1 N–H and O–H groups in total. The fourth-order valence-corrected chi connectivity index (χ4v) is 2.75. The van der Waals surface area contributed by atoms with Gasteiger partial charge in [0.25, 0.3) is 0 Å². The number of likely N-dealkylation sites (tertiary alicyclic amines) is 1. The summed E-state index contributed by atoms with van der Waals surface area (Å²) in [6.45, 7) is 0.552. The van der Waals surface area contributed by atoms with Gasteiger partial charge in [-0.25, -0.2) is 0 Å². The first-order valence-electron chi connectivity index (χ1n) is 7.76. The Kier molecular flexibility index (Phi) is 5.73. The van der Waals surface area contributed by atoms with Gasteiger partial charge in [-0.15, -0.1) is 0 Å². The number of nitrogens with zero attached hydrogens (tertiary/aromatic N) is 2. The van der Waals surface area contributed by atoms with Crippen LogP contribution in [0.5, 0.6) is 0 Å². The predicted octanol–water partition coefficient (Wildman–Crippen LogP) is 1.01. The highest BCUT2D eigenvalue weighted by Gasteiger charge is 2.32. The van der Waals surface area contributed by atoms with Crippen molar-refractivity contribution in [1.29, 1.82) is 0 Å². The maximum atomic E-state index is 12.6. The van der Waals surface area contributed by atoms with E-state index in [9.17, 15) is 14.4 Å². The minimum absolute atomic E-state index is 0.0621. The van der Waals surface area contributed by atoms with E-state index in [-0.39, 0.29) is 24.8 Å². The highest BCUT2D eigenvalue weighted by atomic mass is 16.4. The van der Waals surface area contributed by atoms with E-state index >= 15 is 0 Å². The van der Waals surface area contributed by atoms with Crippen molar-refractivity contribution >= 4 is 17.8 Å². The van der Waals surface area contributed by atoms with Gasteiger partial charge < -0.3 is 14.9 Å². The van der Waals surface area contributed by atoms with E-state index < -0.39 is 11.9 Å². The minimum atomic E-state index is -1.04. The summed E-state index contributed by atoms with van der Waals surface area (Å²) in [5.41, 5.74) is 1.05. The maximum Gasteiger partial charge on any atom is 0.323 e. The van der Waals surface area contributed by atoms with Crippen LogP contribution in [0.2, 0.25) is 0 Å². The molecule has 1 fully saturated rings. The zero-order valence-corrected chi connectivity index (χ0v) is 13.3. The van der Waals surface area contributed by atoms with Gasteiger partial charge in [-0.05, 0) is 18.4 Å². The number of benzene rings is 1. The van der Waals surface area contributed by atoms with Crippen molar-refractivity contribution in [3.63, 3.8) is 0 Å². The Morgan fingerprint density at radius 3 is 2.61 bits per heavy atom. The molecule has 0 aromatic heterocycles. The second-order valence-electron chi connectivity index (χ2n) is 5.89. The van der Waals surface area contributed by atoms with E-state index in [2.05, 4.69) is 0 Å². The average molecular weight is 318 g/mol. The van der Waals surface area contributed by atoms with E-state index in [1.165, 1.54) is 4.90 Å². The van der Waals surface area contributed by atoms with Crippen LogP contribution in [0, 0.1) is 5.92 Å². The third-order valence-electron chi connectivity index (χ3n) is 4.16. The van der Waals surface area contributed by atoms with Crippen LogP contribution in [0.4, 0.5) is 0 Å². The highest BCUT2D eigenvalue weighted by molar-refractivity contribution is 5.88. The summed E-state index contributed by atoms with van der Waals surface area (Å²) in [4.78, 5) is 38.4. The quantitative estimate of drug-likeness (QED) is 0.849. The molecule has 0 saturated carbocycles. The first-order valence-corrected chi connectivity index (χ1v) is 7.76. The molecule has 1 aliphatic heterocycles. The molecule has 23 heavy (non-hydrogen) atoms. The summed E-state index contributed by atoms with van der Waals surface area (Å²) in [6.07, 6.45) is 1.35. The number of piperidine rings is 1. The number of amides is 2. The smallest absolute Gasteiger partial charge is 0.323 e. The molecule has 2 amide bonds. The molecule has 1 saturated heterocycles. The summed E-state index contributed by atoms with van der Waals surface area (Å²) in [5, 5.41) is 9.05. The molecule has 0 radical (unpaired) electrons. The van der Waals surface area contributed by atoms with Gasteiger partial charge in [-0.2, -0.15) is 0 Å². The van der Waals surface area contributed by atoms with Gasteiger partial charge in [0.1, 0.15) is 6.54 Å². The van der Waals surface area contributed by atoms with Crippen LogP contribution in [0.3, 0.4) is 0 Å². The molecule has 0 spiro atoms. The Balaban J connectivity index is 2.00. The zero-order chi connectivity index (χ0) is 16.8. The van der Waals surface area contributed by atoms with Crippen LogP contribution in [0.1, 0.15) is 18.4 Å². The van der Waals surface area contributed by atoms with Crippen molar-refractivity contribution in [3.8, 4) is 0 Å². The normalized spacial score (nSPS) is 17.9. The summed E-state index contributed by atoms with van der Waals surface area (Å²) in [6, 6.07) is 9.63. The van der Waals surface area contributed by atoms with Crippen LogP contribution in [-0.4, -0.2) is 59.4 Å². The molecule has 2 rings (SSSR count). The fourth-order valence-electron chi connectivity index (χ4n) is 2.75. The highest BCUT2D eigenvalue weighted by Crippen LogP contribution is 2.20. The minimum Gasteiger partial charge on any atom is -0.480 e. The number of carboxylic acid groups (broad SMARTS) is 1. The predicted molar refractivity (Wildman–Crippen MR) is 84.7 cm³/mol. The van der Waals surface area contributed by atoms with Crippen molar-refractivity contribution in [2.75, 3.05) is 26.7 Å². The lowest BCUT2D eigenvalue weighted by Crippen LogP contribution is -2.46. The topological polar surface area (TPSA) is 77.9 Å². The van der Waals surface area contributed by atoms with Crippen LogP contribution in [0.25, 0.3) is 0 Å². The van der Waals surface area contributed by atoms with E-state index in [4.69, 9.17) is 5.11 Å². The van der Waals surface area contributed by atoms with Crippen molar-refractivity contribution in [2.45, 2.75) is 19.3 Å². The monoisotopic (exact) mass is 318 g/mol. The van der Waals surface area contributed by atoms with Gasteiger partial charge in [0, 0.05) is 32.5 Å². The molecule has 1 aromatic rings. The number of hydrogen-bond donors (Lipinski definition) is 1. The average Bonchev–Trinajstić information content (AvgIpc) is 2.54. The van der Waals surface area contributed by atoms with Gasteiger partial charge in [0.15, 0.2) is 0 Å². The molecule has 124 valence electrons. The van der Waals surface area contributed by atoms with E-state index in [0.29, 0.717) is 25.9 Å². The molecule has 0 aliphatic carbocycles. The van der Waals surface area contributed by atoms with Crippen LogP contribution in [-0.2, 0) is 20.8 Å².